The summed E-state index contributed by atoms with van der Waals surface area (Å²) in [7, 11) is -3.93. The van der Waals surface area contributed by atoms with Crippen molar-refractivity contribution in [2.45, 2.75) is 18.2 Å². The van der Waals surface area contributed by atoms with Crippen LogP contribution in [-0.2, 0) is 21.2 Å². The number of carbonyl (C=O) groups is 1. The number of nitrogens with one attached hydrogen (secondary N) is 1. The van der Waals surface area contributed by atoms with Crippen LogP contribution >= 0.6 is 0 Å². The monoisotopic (exact) mass is 471 g/mol. The Morgan fingerprint density at radius 2 is 1.44 bits per heavy atom. The van der Waals surface area contributed by atoms with E-state index in [1.54, 1.807) is 42.7 Å². The second kappa shape index (κ2) is 10.3. The number of hydrogen-bond donors (Lipinski definition) is 1. The number of anilines is 2. The molecule has 0 spiro atoms. The number of carbonyl (C=O) groups excluding carboxylic acids is 1. The molecule has 0 radical (unpaired) electrons. The van der Waals surface area contributed by atoms with Crippen molar-refractivity contribution in [3.8, 4) is 0 Å². The second-order valence-electron chi connectivity index (χ2n) is 7.94. The van der Waals surface area contributed by atoms with Crippen molar-refractivity contribution in [2.75, 3.05) is 16.2 Å². The van der Waals surface area contributed by atoms with Crippen LogP contribution in [0.3, 0.4) is 0 Å². The quantitative estimate of drug-likeness (QED) is 0.400. The molecule has 4 rings (SSSR count). The Bertz CT molecular complexity index is 1340. The van der Waals surface area contributed by atoms with Crippen LogP contribution in [0.5, 0.6) is 0 Å². The molecule has 0 aliphatic heterocycles. The van der Waals surface area contributed by atoms with Gasteiger partial charge in [-0.3, -0.25) is 14.1 Å². The molecule has 6 nitrogen and oxygen atoms in total. The summed E-state index contributed by atoms with van der Waals surface area (Å²) in [4.78, 5) is 17.0. The molecule has 34 heavy (non-hydrogen) atoms. The van der Waals surface area contributed by atoms with Gasteiger partial charge in [-0.15, -0.1) is 0 Å². The first kappa shape index (κ1) is 23.2. The van der Waals surface area contributed by atoms with Gasteiger partial charge in [0.25, 0.3) is 10.0 Å². The van der Waals surface area contributed by atoms with Crippen molar-refractivity contribution in [1.82, 2.24) is 4.98 Å². The molecule has 1 aromatic heterocycles. The Labute approximate surface area is 200 Å². The minimum absolute atomic E-state index is 0.129. The number of amides is 1. The normalized spacial score (nSPS) is 11.1. The maximum absolute atomic E-state index is 13.4. The van der Waals surface area contributed by atoms with Crippen molar-refractivity contribution < 1.29 is 13.2 Å². The number of aryl methyl sites for hydroxylation is 1. The van der Waals surface area contributed by atoms with Crippen LogP contribution < -0.4 is 9.62 Å². The van der Waals surface area contributed by atoms with Crippen LogP contribution in [0, 0.1) is 6.92 Å². The van der Waals surface area contributed by atoms with Gasteiger partial charge in [0, 0.05) is 18.1 Å². The standard InChI is InChI=1S/C27H25N3O3S/c1-21-7-13-25(14-8-21)30(34(32,33)26-5-3-2-4-6-26)20-27(31)29-24-11-9-22(10-12-24)19-23-15-17-28-18-16-23/h2-18H,19-20H2,1H3,(H,29,31). The van der Waals surface area contributed by atoms with Gasteiger partial charge < -0.3 is 5.32 Å². The Hall–Kier alpha value is -3.97. The minimum atomic E-state index is -3.93. The fourth-order valence-electron chi connectivity index (χ4n) is 3.52. The van der Waals surface area contributed by atoms with E-state index in [1.807, 2.05) is 55.5 Å². The fraction of sp³-hybridized carbons (Fsp3) is 0.111. The highest BCUT2D eigenvalue weighted by atomic mass is 32.2. The van der Waals surface area contributed by atoms with Crippen LogP contribution in [-0.4, -0.2) is 25.9 Å². The van der Waals surface area contributed by atoms with E-state index < -0.39 is 15.9 Å². The first-order valence-electron chi connectivity index (χ1n) is 10.8. The van der Waals surface area contributed by atoms with E-state index in [0.717, 1.165) is 27.4 Å². The number of benzene rings is 3. The lowest BCUT2D eigenvalue weighted by Gasteiger charge is -2.24. The third-order valence-electron chi connectivity index (χ3n) is 5.34. The summed E-state index contributed by atoms with van der Waals surface area (Å²) >= 11 is 0. The Morgan fingerprint density at radius 1 is 0.824 bits per heavy atom. The van der Waals surface area contributed by atoms with Gasteiger partial charge in [-0.05, 0) is 73.0 Å². The molecular weight excluding hydrogens is 446 g/mol. The molecule has 0 aliphatic rings. The molecule has 3 aromatic carbocycles. The number of rotatable bonds is 8. The predicted octanol–water partition coefficient (Wildman–Crippen LogP) is 4.81. The molecule has 0 aliphatic carbocycles. The summed E-state index contributed by atoms with van der Waals surface area (Å²) in [5, 5.41) is 2.81. The molecule has 0 unspecified atom stereocenters. The molecule has 0 fully saturated rings. The first-order valence-corrected chi connectivity index (χ1v) is 12.3. The van der Waals surface area contributed by atoms with Crippen LogP contribution in [0.1, 0.15) is 16.7 Å². The zero-order valence-electron chi connectivity index (χ0n) is 18.8. The maximum Gasteiger partial charge on any atom is 0.264 e. The van der Waals surface area contributed by atoms with Crippen molar-refractivity contribution >= 4 is 27.3 Å². The summed E-state index contributed by atoms with van der Waals surface area (Å²) < 4.78 is 27.9. The Kier molecular flexibility index (Phi) is 7.04. The van der Waals surface area contributed by atoms with Gasteiger partial charge in [-0.25, -0.2) is 8.42 Å². The van der Waals surface area contributed by atoms with E-state index in [-0.39, 0.29) is 11.4 Å². The molecular formula is C27H25N3O3S. The molecule has 172 valence electrons. The smallest absolute Gasteiger partial charge is 0.264 e. The molecule has 4 aromatic rings. The average molecular weight is 472 g/mol. The molecule has 0 bridgehead atoms. The lowest BCUT2D eigenvalue weighted by molar-refractivity contribution is -0.114. The number of nitrogens with zero attached hydrogens (tertiary/aromatic N) is 2. The molecule has 1 amide bonds. The molecule has 0 saturated carbocycles. The number of aromatic nitrogens is 1. The molecule has 1 N–H and O–H groups in total. The van der Waals surface area contributed by atoms with Crippen LogP contribution in [0.4, 0.5) is 11.4 Å². The molecule has 1 heterocycles. The van der Waals surface area contributed by atoms with Crippen molar-refractivity contribution in [3.05, 3.63) is 120 Å². The molecule has 0 atom stereocenters. The van der Waals surface area contributed by atoms with Gasteiger partial charge in [0.15, 0.2) is 0 Å². The summed E-state index contributed by atoms with van der Waals surface area (Å²) in [6.45, 7) is 1.57. The van der Waals surface area contributed by atoms with E-state index in [9.17, 15) is 13.2 Å². The second-order valence-corrected chi connectivity index (χ2v) is 9.80. The van der Waals surface area contributed by atoms with Gasteiger partial charge >= 0.3 is 0 Å². The lowest BCUT2D eigenvalue weighted by Crippen LogP contribution is -2.38. The van der Waals surface area contributed by atoms with E-state index >= 15 is 0 Å². The van der Waals surface area contributed by atoms with Crippen molar-refractivity contribution in [3.63, 3.8) is 0 Å². The summed E-state index contributed by atoms with van der Waals surface area (Å²) in [6, 6.07) is 26.6. The summed E-state index contributed by atoms with van der Waals surface area (Å²) in [5.41, 5.74) is 4.27. The Morgan fingerprint density at radius 3 is 2.09 bits per heavy atom. The third kappa shape index (κ3) is 5.68. The molecule has 0 saturated heterocycles. The maximum atomic E-state index is 13.4. The van der Waals surface area contributed by atoms with Crippen molar-refractivity contribution in [2.24, 2.45) is 0 Å². The SMILES string of the molecule is Cc1ccc(N(CC(=O)Nc2ccc(Cc3ccncc3)cc2)S(=O)(=O)c2ccccc2)cc1. The van der Waals surface area contributed by atoms with Crippen LogP contribution in [0.25, 0.3) is 0 Å². The lowest BCUT2D eigenvalue weighted by atomic mass is 10.1. The van der Waals surface area contributed by atoms with E-state index in [4.69, 9.17) is 0 Å². The van der Waals surface area contributed by atoms with Gasteiger partial charge in [-0.2, -0.15) is 0 Å². The third-order valence-corrected chi connectivity index (χ3v) is 7.12. The van der Waals surface area contributed by atoms with E-state index in [2.05, 4.69) is 10.3 Å². The Balaban J connectivity index is 1.51. The minimum Gasteiger partial charge on any atom is -0.325 e. The highest BCUT2D eigenvalue weighted by Gasteiger charge is 2.27. The van der Waals surface area contributed by atoms with E-state index in [1.165, 1.54) is 12.1 Å². The zero-order chi connectivity index (χ0) is 24.0. The van der Waals surface area contributed by atoms with Gasteiger partial charge in [0.05, 0.1) is 10.6 Å². The average Bonchev–Trinajstić information content (AvgIpc) is 2.85. The van der Waals surface area contributed by atoms with Gasteiger partial charge in [0.1, 0.15) is 6.54 Å². The largest absolute Gasteiger partial charge is 0.325 e. The summed E-state index contributed by atoms with van der Waals surface area (Å²) in [6.07, 6.45) is 4.27. The first-order chi connectivity index (χ1) is 16.4. The highest BCUT2D eigenvalue weighted by Crippen LogP contribution is 2.24. The highest BCUT2D eigenvalue weighted by molar-refractivity contribution is 7.92. The van der Waals surface area contributed by atoms with E-state index in [0.29, 0.717) is 11.4 Å². The summed E-state index contributed by atoms with van der Waals surface area (Å²) in [5.74, 6) is -0.429. The zero-order valence-corrected chi connectivity index (χ0v) is 19.6. The number of hydrogen-bond acceptors (Lipinski definition) is 4. The van der Waals surface area contributed by atoms with Crippen LogP contribution in [0.2, 0.25) is 0 Å². The van der Waals surface area contributed by atoms with Crippen molar-refractivity contribution in [1.29, 1.82) is 0 Å². The number of pyridine rings is 1. The van der Waals surface area contributed by atoms with Gasteiger partial charge in [0.2, 0.25) is 5.91 Å². The topological polar surface area (TPSA) is 79.4 Å². The fourth-order valence-corrected chi connectivity index (χ4v) is 4.96. The molecule has 7 heteroatoms. The number of sulfonamides is 1. The van der Waals surface area contributed by atoms with Gasteiger partial charge in [-0.1, -0.05) is 48.0 Å². The van der Waals surface area contributed by atoms with Crippen LogP contribution in [0.15, 0.2) is 108 Å². The predicted molar refractivity (Wildman–Crippen MR) is 134 cm³/mol.